The lowest BCUT2D eigenvalue weighted by Gasteiger charge is -2.25. The van der Waals surface area contributed by atoms with Gasteiger partial charge in [-0.15, -0.1) is 0 Å². The first-order chi connectivity index (χ1) is 8.20. The second-order valence-corrected chi connectivity index (χ2v) is 5.26. The molecule has 1 aliphatic heterocycles. The van der Waals surface area contributed by atoms with Gasteiger partial charge in [0.15, 0.2) is 0 Å². The van der Waals surface area contributed by atoms with E-state index in [1.165, 1.54) is 12.8 Å². The number of aliphatic hydroxyl groups is 1. The number of anilines is 1. The van der Waals surface area contributed by atoms with Crippen molar-refractivity contribution in [1.82, 2.24) is 9.97 Å². The molecule has 2 rings (SSSR count). The average Bonchev–Trinajstić information content (AvgIpc) is 2.73. The summed E-state index contributed by atoms with van der Waals surface area (Å²) in [5.41, 5.74) is 0. The fraction of sp³-hybridized carbons (Fsp3) is 0.667. The van der Waals surface area contributed by atoms with Gasteiger partial charge in [0.05, 0.1) is 0 Å². The fourth-order valence-corrected chi connectivity index (χ4v) is 2.89. The molecule has 1 fully saturated rings. The number of halogens is 1. The third-order valence-corrected chi connectivity index (χ3v) is 3.57. The highest BCUT2D eigenvalue weighted by Gasteiger charge is 2.25. The summed E-state index contributed by atoms with van der Waals surface area (Å²) in [6, 6.07) is 2.49. The summed E-state index contributed by atoms with van der Waals surface area (Å²) in [6.07, 6.45) is 4.31. The Kier molecular flexibility index (Phi) is 4.34. The minimum absolute atomic E-state index is 0.275. The molecule has 4 nitrogen and oxygen atoms in total. The molecule has 0 aliphatic carbocycles. The summed E-state index contributed by atoms with van der Waals surface area (Å²) in [6.45, 7) is 3.24. The van der Waals surface area contributed by atoms with Gasteiger partial charge in [-0.2, -0.15) is 0 Å². The zero-order chi connectivity index (χ0) is 12.3. The lowest BCUT2D eigenvalue weighted by Crippen LogP contribution is -2.30. The van der Waals surface area contributed by atoms with Crippen LogP contribution in [-0.4, -0.2) is 34.3 Å². The summed E-state index contributed by atoms with van der Waals surface area (Å²) in [5, 5.41) is 8.92. The SMILES string of the molecule is Cc1nc(Br)cc(N2CCCC2CCCO)n1. The van der Waals surface area contributed by atoms with Crippen LogP contribution in [0.4, 0.5) is 5.82 Å². The number of aryl methyl sites for hydroxylation is 1. The Morgan fingerprint density at radius 3 is 3.06 bits per heavy atom. The third-order valence-electron chi connectivity index (χ3n) is 3.16. The number of rotatable bonds is 4. The van der Waals surface area contributed by atoms with Crippen LogP contribution >= 0.6 is 15.9 Å². The smallest absolute Gasteiger partial charge is 0.133 e. The van der Waals surface area contributed by atoms with Crippen LogP contribution in [-0.2, 0) is 0 Å². The molecule has 0 amide bonds. The van der Waals surface area contributed by atoms with E-state index in [4.69, 9.17) is 5.11 Å². The molecule has 1 aromatic heterocycles. The first-order valence-corrected chi connectivity index (χ1v) is 6.88. The number of nitrogens with zero attached hydrogens (tertiary/aromatic N) is 3. The molecule has 5 heteroatoms. The van der Waals surface area contributed by atoms with Crippen molar-refractivity contribution in [3.63, 3.8) is 0 Å². The summed E-state index contributed by atoms with van der Waals surface area (Å²) >= 11 is 3.41. The van der Waals surface area contributed by atoms with E-state index in [9.17, 15) is 0 Å². The molecule has 2 heterocycles. The van der Waals surface area contributed by atoms with Crippen LogP contribution in [0.15, 0.2) is 10.7 Å². The van der Waals surface area contributed by atoms with Crippen LogP contribution in [0.25, 0.3) is 0 Å². The third kappa shape index (κ3) is 3.16. The van der Waals surface area contributed by atoms with Crippen LogP contribution in [0.5, 0.6) is 0 Å². The van der Waals surface area contributed by atoms with Crippen molar-refractivity contribution in [3.05, 3.63) is 16.5 Å². The normalized spacial score (nSPS) is 19.9. The Labute approximate surface area is 110 Å². The van der Waals surface area contributed by atoms with Gasteiger partial charge in [-0.1, -0.05) is 0 Å². The summed E-state index contributed by atoms with van der Waals surface area (Å²) in [5.74, 6) is 1.80. The van der Waals surface area contributed by atoms with Gasteiger partial charge >= 0.3 is 0 Å². The van der Waals surface area contributed by atoms with E-state index in [-0.39, 0.29) is 6.61 Å². The molecular weight excluding hydrogens is 282 g/mol. The standard InChI is InChI=1S/C12H18BrN3O/c1-9-14-11(13)8-12(15-9)16-6-2-4-10(16)5-3-7-17/h8,10,17H,2-7H2,1H3. The maximum atomic E-state index is 8.92. The van der Waals surface area contributed by atoms with Crippen molar-refractivity contribution < 1.29 is 5.11 Å². The van der Waals surface area contributed by atoms with Crippen molar-refractivity contribution in [2.75, 3.05) is 18.1 Å². The highest BCUT2D eigenvalue weighted by Crippen LogP contribution is 2.27. The Morgan fingerprint density at radius 2 is 2.35 bits per heavy atom. The van der Waals surface area contributed by atoms with Crippen LogP contribution in [0.2, 0.25) is 0 Å². The zero-order valence-corrected chi connectivity index (χ0v) is 11.7. The van der Waals surface area contributed by atoms with Crippen molar-refractivity contribution in [1.29, 1.82) is 0 Å². The maximum Gasteiger partial charge on any atom is 0.133 e. The van der Waals surface area contributed by atoms with Crippen LogP contribution in [0, 0.1) is 6.92 Å². The van der Waals surface area contributed by atoms with Crippen LogP contribution in [0.3, 0.4) is 0 Å². The molecule has 0 spiro atoms. The number of aromatic nitrogens is 2. The summed E-state index contributed by atoms with van der Waals surface area (Å²) < 4.78 is 0.841. The second kappa shape index (κ2) is 5.78. The van der Waals surface area contributed by atoms with E-state index in [1.54, 1.807) is 0 Å². The molecule has 17 heavy (non-hydrogen) atoms. The molecule has 94 valence electrons. The summed E-state index contributed by atoms with van der Waals surface area (Å²) in [7, 11) is 0. The Morgan fingerprint density at radius 1 is 1.53 bits per heavy atom. The van der Waals surface area contributed by atoms with E-state index in [2.05, 4.69) is 30.8 Å². The fourth-order valence-electron chi connectivity index (χ4n) is 2.43. The average molecular weight is 300 g/mol. The van der Waals surface area contributed by atoms with Gasteiger partial charge in [0.25, 0.3) is 0 Å². The quantitative estimate of drug-likeness (QED) is 0.867. The largest absolute Gasteiger partial charge is 0.396 e. The van der Waals surface area contributed by atoms with Gasteiger partial charge in [-0.3, -0.25) is 0 Å². The molecule has 0 aromatic carbocycles. The molecule has 0 saturated carbocycles. The minimum atomic E-state index is 0.275. The molecule has 1 aliphatic rings. The predicted octanol–water partition coefficient (Wildman–Crippen LogP) is 2.29. The second-order valence-electron chi connectivity index (χ2n) is 4.45. The molecule has 1 aromatic rings. The first kappa shape index (κ1) is 12.8. The van der Waals surface area contributed by atoms with E-state index >= 15 is 0 Å². The molecule has 0 bridgehead atoms. The molecule has 0 radical (unpaired) electrons. The van der Waals surface area contributed by atoms with E-state index in [0.29, 0.717) is 6.04 Å². The van der Waals surface area contributed by atoms with Gasteiger partial charge in [-0.05, 0) is 48.5 Å². The first-order valence-electron chi connectivity index (χ1n) is 6.09. The molecule has 1 saturated heterocycles. The Hall–Kier alpha value is -0.680. The predicted molar refractivity (Wildman–Crippen MR) is 71.2 cm³/mol. The molecular formula is C12H18BrN3O. The van der Waals surface area contributed by atoms with E-state index in [1.807, 2.05) is 13.0 Å². The van der Waals surface area contributed by atoms with Crippen molar-refractivity contribution in [3.8, 4) is 0 Å². The summed E-state index contributed by atoms with van der Waals surface area (Å²) in [4.78, 5) is 11.1. The van der Waals surface area contributed by atoms with Gasteiger partial charge in [-0.25, -0.2) is 9.97 Å². The number of hydrogen-bond acceptors (Lipinski definition) is 4. The molecule has 1 unspecified atom stereocenters. The lowest BCUT2D eigenvalue weighted by molar-refractivity contribution is 0.279. The monoisotopic (exact) mass is 299 g/mol. The maximum absolute atomic E-state index is 8.92. The Bertz CT molecular complexity index is 366. The van der Waals surface area contributed by atoms with Crippen molar-refractivity contribution in [2.45, 2.75) is 38.6 Å². The van der Waals surface area contributed by atoms with Crippen molar-refractivity contribution in [2.24, 2.45) is 0 Å². The highest BCUT2D eigenvalue weighted by molar-refractivity contribution is 9.10. The molecule has 1 atom stereocenters. The highest BCUT2D eigenvalue weighted by atomic mass is 79.9. The minimum Gasteiger partial charge on any atom is -0.396 e. The Balaban J connectivity index is 2.14. The van der Waals surface area contributed by atoms with Gasteiger partial charge in [0, 0.05) is 25.3 Å². The van der Waals surface area contributed by atoms with Crippen molar-refractivity contribution >= 4 is 21.7 Å². The molecule has 1 N–H and O–H groups in total. The van der Waals surface area contributed by atoms with E-state index < -0.39 is 0 Å². The lowest BCUT2D eigenvalue weighted by atomic mass is 10.1. The van der Waals surface area contributed by atoms with Crippen LogP contribution < -0.4 is 4.90 Å². The van der Waals surface area contributed by atoms with Gasteiger partial charge in [0.1, 0.15) is 16.2 Å². The number of hydrogen-bond donors (Lipinski definition) is 1. The van der Waals surface area contributed by atoms with Gasteiger partial charge in [0.2, 0.25) is 0 Å². The topological polar surface area (TPSA) is 49.2 Å². The number of aliphatic hydroxyl groups excluding tert-OH is 1. The zero-order valence-electron chi connectivity index (χ0n) is 10.1. The van der Waals surface area contributed by atoms with E-state index in [0.717, 1.165) is 35.6 Å². The van der Waals surface area contributed by atoms with Crippen LogP contribution in [0.1, 0.15) is 31.5 Å². The van der Waals surface area contributed by atoms with Gasteiger partial charge < -0.3 is 10.0 Å².